The van der Waals surface area contributed by atoms with Crippen molar-refractivity contribution in [2.75, 3.05) is 21.2 Å². The van der Waals surface area contributed by atoms with Crippen molar-refractivity contribution in [3.8, 4) is 0 Å². The molecule has 21 heavy (non-hydrogen) atoms. The van der Waals surface area contributed by atoms with Crippen LogP contribution in [0.1, 0.15) is 10.4 Å². The van der Waals surface area contributed by atoms with Gasteiger partial charge in [-0.05, 0) is 6.07 Å². The molecular weight excluding hydrogens is 319 g/mol. The quantitative estimate of drug-likeness (QED) is 0.362. The van der Waals surface area contributed by atoms with Gasteiger partial charge in [0.15, 0.2) is 0 Å². The zero-order valence-electron chi connectivity index (χ0n) is 11.4. The Morgan fingerprint density at radius 2 is 1.76 bits per heavy atom. The molecule has 0 unspecified atom stereocenters. The van der Waals surface area contributed by atoms with E-state index in [1.165, 1.54) is 7.05 Å². The zero-order valence-corrected chi connectivity index (χ0v) is 12.3. The average molecular weight is 333 g/mol. The molecule has 0 radical (unpaired) electrons. The summed E-state index contributed by atoms with van der Waals surface area (Å²) in [7, 11) is -6.40. The maximum absolute atomic E-state index is 12.9. The normalized spacial score (nSPS) is 15.0. The molecule has 10 heteroatoms. The molecule has 0 bridgehead atoms. The number of carbonyl (C=O) groups excluding carboxylic acids is 1. The van der Waals surface area contributed by atoms with E-state index in [1.807, 2.05) is 0 Å². The van der Waals surface area contributed by atoms with Gasteiger partial charge in [-0.25, -0.2) is 9.64 Å². The molecule has 0 aliphatic rings. The van der Waals surface area contributed by atoms with Crippen LogP contribution in [-0.4, -0.2) is 43.5 Å². The summed E-state index contributed by atoms with van der Waals surface area (Å²) < 4.78 is 65.6. The Bertz CT molecular complexity index is 615. The van der Waals surface area contributed by atoms with Crippen LogP contribution in [0.4, 0.5) is 25.1 Å². The Kier molecular flexibility index (Phi) is 3.64. The van der Waals surface area contributed by atoms with Crippen LogP contribution in [0.2, 0.25) is 0 Å². The summed E-state index contributed by atoms with van der Waals surface area (Å²) in [5.74, 6) is -0.996. The molecule has 0 fully saturated rings. The first-order valence-corrected chi connectivity index (χ1v) is 7.36. The summed E-state index contributed by atoms with van der Waals surface area (Å²) >= 11 is 0. The number of carbonyl (C=O) groups is 1. The molecule has 0 N–H and O–H groups in total. The molecule has 0 saturated heterocycles. The lowest BCUT2D eigenvalue weighted by atomic mass is 10.2. The molecule has 120 valence electrons. The Hall–Kier alpha value is -1.68. The van der Waals surface area contributed by atoms with Crippen molar-refractivity contribution in [2.24, 2.45) is 0 Å². The lowest BCUT2D eigenvalue weighted by molar-refractivity contribution is -0.394. The molecule has 1 amide bonds. The van der Waals surface area contributed by atoms with Crippen LogP contribution < -0.4 is 0 Å². The van der Waals surface area contributed by atoms with Crippen molar-refractivity contribution in [3.05, 3.63) is 23.8 Å². The van der Waals surface area contributed by atoms with Crippen LogP contribution in [0.25, 0.3) is 0 Å². The number of benzene rings is 1. The molecule has 0 atom stereocenters. The van der Waals surface area contributed by atoms with Gasteiger partial charge in [0, 0.05) is 24.7 Å². The van der Waals surface area contributed by atoms with Crippen LogP contribution >= 0.6 is 10.2 Å². The van der Waals surface area contributed by atoms with Crippen molar-refractivity contribution < 1.29 is 33.6 Å². The summed E-state index contributed by atoms with van der Waals surface area (Å²) in [5, 5.41) is 0.622. The van der Waals surface area contributed by atoms with Crippen molar-refractivity contribution >= 4 is 28.5 Å². The second kappa shape index (κ2) is 4.41. The molecule has 4 nitrogen and oxygen atoms in total. The lowest BCUT2D eigenvalue weighted by Gasteiger charge is -2.40. The monoisotopic (exact) mass is 333 g/mol. The van der Waals surface area contributed by atoms with E-state index in [2.05, 4.69) is 11.6 Å². The van der Waals surface area contributed by atoms with Crippen molar-refractivity contribution in [1.29, 1.82) is 0 Å². The van der Waals surface area contributed by atoms with E-state index in [4.69, 9.17) is 0 Å². The number of rotatable bonds is 4. The molecule has 1 aromatic carbocycles. The second-order valence-electron chi connectivity index (χ2n) is 4.37. The van der Waals surface area contributed by atoms with Gasteiger partial charge in [-0.2, -0.15) is 0 Å². The third-order valence-electron chi connectivity index (χ3n) is 2.58. The summed E-state index contributed by atoms with van der Waals surface area (Å²) in [6.07, 6.45) is 0. The minimum Gasteiger partial charge on any atom is -0.274 e. The zero-order chi connectivity index (χ0) is 16.7. The molecule has 0 aliphatic carbocycles. The minimum absolute atomic E-state index is 0.104. The largest absolute Gasteiger partial charge is 0.310 e. The van der Waals surface area contributed by atoms with Gasteiger partial charge < -0.3 is 0 Å². The fraction of sp³-hybridized carbons (Fsp3) is 0.273. The smallest absolute Gasteiger partial charge is 0.274 e. The maximum Gasteiger partial charge on any atom is 0.310 e. The predicted octanol–water partition coefficient (Wildman–Crippen LogP) is 3.95. The van der Waals surface area contributed by atoms with Crippen molar-refractivity contribution in [1.82, 2.24) is 5.06 Å². The highest BCUT2D eigenvalue weighted by Gasteiger charge is 2.66. The Morgan fingerprint density at radius 3 is 2.14 bits per heavy atom. The topological polar surface area (TPSA) is 32.5 Å². The maximum atomic E-state index is 12.9. The first-order chi connectivity index (χ1) is 9.15. The molecular formula is C11H14F5N2O2S+. The molecule has 0 spiro atoms. The molecule has 0 saturated carbocycles. The number of amides is 1. The van der Waals surface area contributed by atoms with Gasteiger partial charge in [0.05, 0.1) is 7.11 Å². The number of hydrogen-bond acceptors (Lipinski definition) is 2. The Balaban J connectivity index is 3.61. The number of nitrogens with zero attached hydrogens (tertiary/aromatic N) is 2. The van der Waals surface area contributed by atoms with Crippen LogP contribution in [0.5, 0.6) is 0 Å². The third kappa shape index (κ3) is 4.14. The summed E-state index contributed by atoms with van der Waals surface area (Å²) in [5.41, 5.74) is -0.871. The second-order valence-corrected chi connectivity index (χ2v) is 6.78. The minimum atomic E-state index is -9.91. The summed E-state index contributed by atoms with van der Waals surface area (Å²) in [6.45, 7) is 3.32. The van der Waals surface area contributed by atoms with Crippen LogP contribution in [-0.2, 0) is 4.84 Å². The van der Waals surface area contributed by atoms with E-state index in [0.717, 1.165) is 24.8 Å². The third-order valence-corrected chi connectivity index (χ3v) is 3.71. The van der Waals surface area contributed by atoms with Gasteiger partial charge in [0.25, 0.3) is 5.91 Å². The molecule has 0 aromatic heterocycles. The van der Waals surface area contributed by atoms with Crippen LogP contribution in [0.15, 0.2) is 23.1 Å². The van der Waals surface area contributed by atoms with E-state index in [0.29, 0.717) is 5.06 Å². The fourth-order valence-corrected chi connectivity index (χ4v) is 2.11. The SMILES string of the molecule is C=[N+](C)c1cc(C(=O)N(C)OC)cc(S(F)(F)(F)(F)F)c1. The van der Waals surface area contributed by atoms with Crippen LogP contribution in [0, 0.1) is 0 Å². The van der Waals surface area contributed by atoms with Crippen LogP contribution in [0.3, 0.4) is 0 Å². The van der Waals surface area contributed by atoms with E-state index >= 15 is 0 Å². The molecule has 0 heterocycles. The number of halogens is 5. The highest BCUT2D eigenvalue weighted by Crippen LogP contribution is 3.02. The van der Waals surface area contributed by atoms with Gasteiger partial charge >= 0.3 is 10.2 Å². The lowest BCUT2D eigenvalue weighted by Crippen LogP contribution is -2.25. The molecule has 1 rings (SSSR count). The fourth-order valence-electron chi connectivity index (χ4n) is 1.41. The van der Waals surface area contributed by atoms with Gasteiger partial charge in [0.2, 0.25) is 5.69 Å². The van der Waals surface area contributed by atoms with Gasteiger partial charge in [-0.1, -0.05) is 19.4 Å². The van der Waals surface area contributed by atoms with Crippen molar-refractivity contribution in [2.45, 2.75) is 4.90 Å². The van der Waals surface area contributed by atoms with Gasteiger partial charge in [-0.3, -0.25) is 9.63 Å². The first kappa shape index (κ1) is 17.4. The molecule has 0 aliphatic heterocycles. The highest BCUT2D eigenvalue weighted by atomic mass is 32.5. The predicted molar refractivity (Wildman–Crippen MR) is 69.9 cm³/mol. The summed E-state index contributed by atoms with van der Waals surface area (Å²) in [4.78, 5) is 14.2. The Morgan fingerprint density at radius 1 is 1.24 bits per heavy atom. The van der Waals surface area contributed by atoms with Gasteiger partial charge in [0.1, 0.15) is 18.7 Å². The standard InChI is InChI=1S/C11H14F5N2O2S/c1-17(2)9-5-8(11(19)18(3)20-4)6-10(7-9)21(12,13,14,15)16/h5-7H,1H2,2-4H3/q+1. The van der Waals surface area contributed by atoms with E-state index in [9.17, 15) is 24.2 Å². The summed E-state index contributed by atoms with van der Waals surface area (Å²) in [6, 6.07) is 1.36. The van der Waals surface area contributed by atoms with E-state index in [-0.39, 0.29) is 17.8 Å². The molecule has 1 aromatic rings. The van der Waals surface area contributed by atoms with E-state index in [1.54, 1.807) is 0 Å². The number of hydroxylamine groups is 2. The first-order valence-electron chi connectivity index (χ1n) is 5.41. The highest BCUT2D eigenvalue weighted by molar-refractivity contribution is 8.45. The number of hydrogen-bond donors (Lipinski definition) is 0. The van der Waals surface area contributed by atoms with E-state index < -0.39 is 26.6 Å². The van der Waals surface area contributed by atoms with Gasteiger partial charge in [-0.15, -0.1) is 0 Å². The van der Waals surface area contributed by atoms with Crippen molar-refractivity contribution in [3.63, 3.8) is 0 Å². The average Bonchev–Trinajstić information content (AvgIpc) is 2.33. The Labute approximate surface area is 118 Å².